The van der Waals surface area contributed by atoms with Gasteiger partial charge in [-0.3, -0.25) is 0 Å². The summed E-state index contributed by atoms with van der Waals surface area (Å²) in [5, 5.41) is 20.9. The number of carbonyl (C=O) groups is 2. The van der Waals surface area contributed by atoms with E-state index in [1.165, 1.54) is 13.0 Å². The summed E-state index contributed by atoms with van der Waals surface area (Å²) in [7, 11) is 0. The van der Waals surface area contributed by atoms with Crippen molar-refractivity contribution in [3.63, 3.8) is 0 Å². The molecule has 0 saturated heterocycles. The molecule has 0 aromatic heterocycles. The largest absolute Gasteiger partial charge is 0.545 e. The SMILES string of the molecule is C=CC/C(C(=O)[O-])=C(\CC)C(=O)[O-]. The van der Waals surface area contributed by atoms with Crippen molar-refractivity contribution in [1.82, 2.24) is 0 Å². The van der Waals surface area contributed by atoms with E-state index in [0.717, 1.165) is 0 Å². The second-order valence-corrected chi connectivity index (χ2v) is 2.38. The Kier molecular flexibility index (Phi) is 4.51. The lowest BCUT2D eigenvalue weighted by Gasteiger charge is -2.14. The van der Waals surface area contributed by atoms with Crippen molar-refractivity contribution in [2.24, 2.45) is 0 Å². The number of carboxylic acid groups (broad SMARTS) is 2. The third kappa shape index (κ3) is 3.11. The fourth-order valence-corrected chi connectivity index (χ4v) is 0.955. The highest BCUT2D eigenvalue weighted by Gasteiger charge is 2.05. The lowest BCUT2D eigenvalue weighted by molar-refractivity contribution is -0.304. The van der Waals surface area contributed by atoms with E-state index in [0.29, 0.717) is 0 Å². The van der Waals surface area contributed by atoms with Gasteiger partial charge in [-0.25, -0.2) is 0 Å². The molecule has 0 saturated carbocycles. The highest BCUT2D eigenvalue weighted by molar-refractivity contribution is 5.97. The quantitative estimate of drug-likeness (QED) is 0.394. The summed E-state index contributed by atoms with van der Waals surface area (Å²) in [5.41, 5.74) is -0.502. The molecule has 0 heterocycles. The molecule has 0 spiro atoms. The lowest BCUT2D eigenvalue weighted by atomic mass is 10.0. The Morgan fingerprint density at radius 3 is 1.92 bits per heavy atom. The van der Waals surface area contributed by atoms with E-state index >= 15 is 0 Å². The molecule has 0 N–H and O–H groups in total. The Balaban J connectivity index is 5.11. The molecular formula is C9H10O4-2. The first-order valence-corrected chi connectivity index (χ1v) is 3.80. The number of allylic oxidation sites excluding steroid dienone is 1. The first-order valence-electron chi connectivity index (χ1n) is 3.80. The molecule has 0 unspecified atom stereocenters. The van der Waals surface area contributed by atoms with Crippen molar-refractivity contribution in [3.05, 3.63) is 23.8 Å². The topological polar surface area (TPSA) is 80.3 Å². The Bertz CT molecular complexity index is 263. The van der Waals surface area contributed by atoms with Crippen LogP contribution in [0.15, 0.2) is 23.8 Å². The smallest absolute Gasteiger partial charge is 0.0681 e. The number of aliphatic carboxylic acids is 2. The van der Waals surface area contributed by atoms with Gasteiger partial charge in [0.05, 0.1) is 11.9 Å². The zero-order valence-electron chi connectivity index (χ0n) is 7.33. The summed E-state index contributed by atoms with van der Waals surface area (Å²) in [6.07, 6.45) is 1.38. The van der Waals surface area contributed by atoms with Crippen molar-refractivity contribution in [3.8, 4) is 0 Å². The van der Waals surface area contributed by atoms with Crippen LogP contribution in [0.3, 0.4) is 0 Å². The van der Waals surface area contributed by atoms with Crippen LogP contribution in [0, 0.1) is 0 Å². The van der Waals surface area contributed by atoms with Crippen LogP contribution in [0.1, 0.15) is 19.8 Å². The first kappa shape index (κ1) is 11.4. The zero-order valence-corrected chi connectivity index (χ0v) is 7.33. The Labute approximate surface area is 76.2 Å². The van der Waals surface area contributed by atoms with Crippen LogP contribution in [0.2, 0.25) is 0 Å². The summed E-state index contributed by atoms with van der Waals surface area (Å²) < 4.78 is 0. The summed E-state index contributed by atoms with van der Waals surface area (Å²) in [4.78, 5) is 20.9. The van der Waals surface area contributed by atoms with Gasteiger partial charge in [0.2, 0.25) is 0 Å². The number of carboxylic acids is 2. The fraction of sp³-hybridized carbons (Fsp3) is 0.333. The van der Waals surface area contributed by atoms with Gasteiger partial charge in [-0.1, -0.05) is 13.0 Å². The van der Waals surface area contributed by atoms with E-state index in [1.54, 1.807) is 0 Å². The number of rotatable bonds is 5. The predicted octanol–water partition coefficient (Wildman–Crippen LogP) is -1.23. The van der Waals surface area contributed by atoms with Crippen LogP contribution in [-0.2, 0) is 9.59 Å². The van der Waals surface area contributed by atoms with Crippen molar-refractivity contribution in [1.29, 1.82) is 0 Å². The highest BCUT2D eigenvalue weighted by atomic mass is 16.4. The van der Waals surface area contributed by atoms with E-state index in [2.05, 4.69) is 6.58 Å². The van der Waals surface area contributed by atoms with Gasteiger partial charge in [-0.05, 0) is 24.0 Å². The predicted molar refractivity (Wildman–Crippen MR) is 42.1 cm³/mol. The maximum absolute atomic E-state index is 10.5. The van der Waals surface area contributed by atoms with Crippen LogP contribution in [0.5, 0.6) is 0 Å². The number of hydrogen-bond donors (Lipinski definition) is 0. The van der Waals surface area contributed by atoms with Crippen LogP contribution in [0.25, 0.3) is 0 Å². The van der Waals surface area contributed by atoms with Gasteiger partial charge in [-0.2, -0.15) is 0 Å². The number of carbonyl (C=O) groups excluding carboxylic acids is 2. The first-order chi connectivity index (χ1) is 6.04. The van der Waals surface area contributed by atoms with Gasteiger partial charge in [0.25, 0.3) is 0 Å². The van der Waals surface area contributed by atoms with Crippen molar-refractivity contribution >= 4 is 11.9 Å². The maximum atomic E-state index is 10.5. The van der Waals surface area contributed by atoms with Gasteiger partial charge in [-0.15, -0.1) is 6.58 Å². The molecule has 0 aromatic rings. The second kappa shape index (κ2) is 5.13. The third-order valence-electron chi connectivity index (χ3n) is 1.56. The Morgan fingerprint density at radius 2 is 1.69 bits per heavy atom. The molecule has 4 heteroatoms. The minimum atomic E-state index is -1.49. The Morgan fingerprint density at radius 1 is 1.23 bits per heavy atom. The minimum absolute atomic E-state index is 0.0283. The van der Waals surface area contributed by atoms with E-state index in [4.69, 9.17) is 0 Å². The molecule has 0 radical (unpaired) electrons. The van der Waals surface area contributed by atoms with Crippen molar-refractivity contribution < 1.29 is 19.8 Å². The third-order valence-corrected chi connectivity index (χ3v) is 1.56. The van der Waals surface area contributed by atoms with E-state index < -0.39 is 11.9 Å². The molecule has 0 atom stereocenters. The molecule has 4 nitrogen and oxygen atoms in total. The monoisotopic (exact) mass is 182 g/mol. The van der Waals surface area contributed by atoms with Gasteiger partial charge in [0.15, 0.2) is 0 Å². The molecule has 0 aliphatic heterocycles. The normalized spacial score (nSPS) is 11.8. The molecule has 0 bridgehead atoms. The number of hydrogen-bond acceptors (Lipinski definition) is 4. The second-order valence-electron chi connectivity index (χ2n) is 2.38. The molecule has 0 rings (SSSR count). The molecule has 0 aliphatic carbocycles. The average molecular weight is 182 g/mol. The van der Waals surface area contributed by atoms with Crippen LogP contribution >= 0.6 is 0 Å². The molecular weight excluding hydrogens is 172 g/mol. The van der Waals surface area contributed by atoms with Gasteiger partial charge in [0, 0.05) is 0 Å². The van der Waals surface area contributed by atoms with Crippen LogP contribution < -0.4 is 10.2 Å². The highest BCUT2D eigenvalue weighted by Crippen LogP contribution is 2.11. The average Bonchev–Trinajstić information content (AvgIpc) is 2.03. The van der Waals surface area contributed by atoms with E-state index in [9.17, 15) is 19.8 Å². The molecule has 72 valence electrons. The summed E-state index contributed by atoms with van der Waals surface area (Å²) in [5.74, 6) is -2.95. The molecule has 0 fully saturated rings. The summed E-state index contributed by atoms with van der Waals surface area (Å²) >= 11 is 0. The van der Waals surface area contributed by atoms with Gasteiger partial charge in [0.1, 0.15) is 0 Å². The van der Waals surface area contributed by atoms with E-state index in [-0.39, 0.29) is 24.0 Å². The van der Waals surface area contributed by atoms with Gasteiger partial charge >= 0.3 is 0 Å². The molecule has 0 aromatic carbocycles. The minimum Gasteiger partial charge on any atom is -0.545 e. The molecule has 0 amide bonds. The maximum Gasteiger partial charge on any atom is 0.0681 e. The fourth-order valence-electron chi connectivity index (χ4n) is 0.955. The van der Waals surface area contributed by atoms with Crippen LogP contribution in [-0.4, -0.2) is 11.9 Å². The Hall–Kier alpha value is -1.58. The van der Waals surface area contributed by atoms with Crippen LogP contribution in [0.4, 0.5) is 0 Å². The lowest BCUT2D eigenvalue weighted by Crippen LogP contribution is -2.31. The molecule has 13 heavy (non-hydrogen) atoms. The van der Waals surface area contributed by atoms with E-state index in [1.807, 2.05) is 0 Å². The van der Waals surface area contributed by atoms with Crippen molar-refractivity contribution in [2.45, 2.75) is 19.8 Å². The summed E-state index contributed by atoms with van der Waals surface area (Å²) in [6, 6.07) is 0. The van der Waals surface area contributed by atoms with Gasteiger partial charge < -0.3 is 19.8 Å². The van der Waals surface area contributed by atoms with Crippen molar-refractivity contribution in [2.75, 3.05) is 0 Å². The molecule has 0 aliphatic rings. The summed E-state index contributed by atoms with van der Waals surface area (Å²) in [6.45, 7) is 4.86. The standard InChI is InChI=1S/C9H12O4/c1-3-5-7(9(12)13)6(4-2)8(10)11/h3H,1,4-5H2,2H3,(H,10,11)(H,12,13)/p-2/b7-6-. The zero-order chi connectivity index (χ0) is 10.4.